The number of benzene rings is 1. The van der Waals surface area contributed by atoms with Gasteiger partial charge in [-0.15, -0.1) is 11.3 Å². The highest BCUT2D eigenvalue weighted by Gasteiger charge is 2.28. The molecule has 1 aliphatic rings. The average molecular weight is 352 g/mol. The van der Waals surface area contributed by atoms with Crippen LogP contribution in [0.4, 0.5) is 0 Å². The number of carbonyl (C=O) groups is 2. The van der Waals surface area contributed by atoms with Crippen LogP contribution < -0.4 is 9.47 Å². The van der Waals surface area contributed by atoms with Gasteiger partial charge in [0.1, 0.15) is 27.9 Å². The summed E-state index contributed by atoms with van der Waals surface area (Å²) in [5, 5.41) is 1.80. The van der Waals surface area contributed by atoms with Crippen LogP contribution in [0, 0.1) is 6.92 Å². The zero-order valence-corrected chi connectivity index (χ0v) is 14.0. The molecule has 4 rings (SSSR count). The lowest BCUT2D eigenvalue weighted by molar-refractivity contribution is 0.0739. The van der Waals surface area contributed by atoms with Crippen LogP contribution in [0.1, 0.15) is 31.6 Å². The van der Waals surface area contributed by atoms with Crippen molar-refractivity contribution in [2.75, 3.05) is 0 Å². The minimum atomic E-state index is -0.443. The average Bonchev–Trinajstić information content (AvgIpc) is 3.30. The van der Waals surface area contributed by atoms with E-state index in [9.17, 15) is 9.59 Å². The van der Waals surface area contributed by atoms with Crippen LogP contribution in [0.15, 0.2) is 58.0 Å². The molecule has 0 N–H and O–H groups in total. The first-order chi connectivity index (χ1) is 12.1. The Morgan fingerprint density at radius 3 is 2.80 bits per heavy atom. The second-order valence-corrected chi connectivity index (χ2v) is 6.36. The maximum Gasteiger partial charge on any atom is 0.353 e. The number of ketones is 1. The van der Waals surface area contributed by atoms with Gasteiger partial charge in [-0.3, -0.25) is 4.79 Å². The largest absolute Gasteiger partial charge is 0.462 e. The van der Waals surface area contributed by atoms with Gasteiger partial charge in [0.15, 0.2) is 5.76 Å². The third-order valence-corrected chi connectivity index (χ3v) is 4.46. The van der Waals surface area contributed by atoms with Gasteiger partial charge in [0.05, 0.1) is 5.56 Å². The maximum absolute atomic E-state index is 12.4. The first-order valence-electron chi connectivity index (χ1n) is 7.50. The fraction of sp³-hybridized carbons (Fsp3) is 0.0526. The summed E-state index contributed by atoms with van der Waals surface area (Å²) in [6, 6.07) is 11.7. The smallest absolute Gasteiger partial charge is 0.353 e. The molecule has 3 aromatic rings. The van der Waals surface area contributed by atoms with Gasteiger partial charge in [-0.2, -0.15) is 0 Å². The standard InChI is InChI=1S/C19H12O5S/c1-11-4-5-12(22-11)10-16-18(20)14-7-6-13(9-15(14)24-16)23-19(21)17-3-2-8-25-17/h2-10H,1H3. The lowest BCUT2D eigenvalue weighted by atomic mass is 10.1. The summed E-state index contributed by atoms with van der Waals surface area (Å²) in [5.41, 5.74) is 0.422. The lowest BCUT2D eigenvalue weighted by Gasteiger charge is -2.04. The number of allylic oxidation sites excluding steroid dienone is 1. The van der Waals surface area contributed by atoms with E-state index in [0.29, 0.717) is 27.7 Å². The Labute approximate surface area is 147 Å². The van der Waals surface area contributed by atoms with Crippen LogP contribution in [0.5, 0.6) is 11.5 Å². The molecule has 0 unspecified atom stereocenters. The number of carbonyl (C=O) groups excluding carboxylic acids is 2. The zero-order chi connectivity index (χ0) is 17.4. The Hall–Kier alpha value is -3.12. The third kappa shape index (κ3) is 2.99. The van der Waals surface area contributed by atoms with Crippen molar-refractivity contribution in [2.24, 2.45) is 0 Å². The molecule has 2 aromatic heterocycles. The van der Waals surface area contributed by atoms with Crippen LogP contribution in [0.2, 0.25) is 0 Å². The Kier molecular flexibility index (Phi) is 3.74. The normalized spacial score (nSPS) is 14.4. The number of fused-ring (bicyclic) bond motifs is 1. The van der Waals surface area contributed by atoms with E-state index >= 15 is 0 Å². The minimum absolute atomic E-state index is 0.172. The number of aryl methyl sites for hydroxylation is 1. The molecule has 0 radical (unpaired) electrons. The molecule has 0 saturated carbocycles. The molecule has 0 spiro atoms. The predicted molar refractivity (Wildman–Crippen MR) is 92.1 cm³/mol. The first-order valence-corrected chi connectivity index (χ1v) is 8.38. The summed E-state index contributed by atoms with van der Waals surface area (Å²) in [6.07, 6.45) is 1.55. The molecule has 0 aliphatic carbocycles. The summed E-state index contributed by atoms with van der Waals surface area (Å²) >= 11 is 1.30. The highest BCUT2D eigenvalue weighted by atomic mass is 32.1. The minimum Gasteiger partial charge on any atom is -0.462 e. The van der Waals surface area contributed by atoms with Crippen molar-refractivity contribution in [2.45, 2.75) is 6.92 Å². The molecular weight excluding hydrogens is 340 g/mol. The molecule has 0 saturated heterocycles. The van der Waals surface area contributed by atoms with E-state index in [0.717, 1.165) is 5.76 Å². The summed E-state index contributed by atoms with van der Waals surface area (Å²) in [5.74, 6) is 1.46. The van der Waals surface area contributed by atoms with Crippen LogP contribution in [-0.2, 0) is 0 Å². The number of ether oxygens (including phenoxy) is 2. The van der Waals surface area contributed by atoms with Gasteiger partial charge in [0.25, 0.3) is 0 Å². The van der Waals surface area contributed by atoms with Gasteiger partial charge >= 0.3 is 5.97 Å². The fourth-order valence-electron chi connectivity index (χ4n) is 2.44. The van der Waals surface area contributed by atoms with Gasteiger partial charge in [-0.1, -0.05) is 6.07 Å². The molecule has 0 bridgehead atoms. The summed E-state index contributed by atoms with van der Waals surface area (Å²) < 4.78 is 16.4. The number of hydrogen-bond acceptors (Lipinski definition) is 6. The van der Waals surface area contributed by atoms with E-state index in [1.807, 2.05) is 6.92 Å². The molecule has 0 amide bonds. The van der Waals surface area contributed by atoms with E-state index < -0.39 is 5.97 Å². The van der Waals surface area contributed by atoms with E-state index in [-0.39, 0.29) is 11.5 Å². The van der Waals surface area contributed by atoms with Gasteiger partial charge in [0.2, 0.25) is 5.78 Å². The van der Waals surface area contributed by atoms with Crippen molar-refractivity contribution < 1.29 is 23.5 Å². The Balaban J connectivity index is 1.57. The molecule has 25 heavy (non-hydrogen) atoms. The summed E-state index contributed by atoms with van der Waals surface area (Å²) in [4.78, 5) is 24.9. The fourth-order valence-corrected chi connectivity index (χ4v) is 3.04. The van der Waals surface area contributed by atoms with Gasteiger partial charge in [-0.05, 0) is 42.6 Å². The maximum atomic E-state index is 12.4. The van der Waals surface area contributed by atoms with Crippen molar-refractivity contribution >= 4 is 29.2 Å². The highest BCUT2D eigenvalue weighted by Crippen LogP contribution is 2.35. The molecule has 6 heteroatoms. The quantitative estimate of drug-likeness (QED) is 0.395. The van der Waals surface area contributed by atoms with Crippen molar-refractivity contribution in [3.63, 3.8) is 0 Å². The number of Topliss-reactive ketones (excluding diaryl/α,β-unsaturated/α-hetero) is 1. The SMILES string of the molecule is Cc1ccc(C=C2Oc3cc(OC(=O)c4cccs4)ccc3C2=O)o1. The van der Waals surface area contributed by atoms with Crippen molar-refractivity contribution in [3.8, 4) is 11.5 Å². The number of furan rings is 1. The van der Waals surface area contributed by atoms with Crippen molar-refractivity contribution in [3.05, 3.63) is 75.6 Å². The monoisotopic (exact) mass is 352 g/mol. The van der Waals surface area contributed by atoms with E-state index in [1.165, 1.54) is 17.4 Å². The predicted octanol–water partition coefficient (Wildman–Crippen LogP) is 4.48. The van der Waals surface area contributed by atoms with Crippen molar-refractivity contribution in [1.82, 2.24) is 0 Å². The van der Waals surface area contributed by atoms with Crippen LogP contribution in [-0.4, -0.2) is 11.8 Å². The molecule has 0 fully saturated rings. The Morgan fingerprint density at radius 2 is 2.08 bits per heavy atom. The molecule has 3 heterocycles. The topological polar surface area (TPSA) is 65.7 Å². The number of rotatable bonds is 3. The number of hydrogen-bond donors (Lipinski definition) is 0. The number of esters is 1. The molecule has 1 aromatic carbocycles. The van der Waals surface area contributed by atoms with E-state index in [1.54, 1.807) is 47.9 Å². The summed E-state index contributed by atoms with van der Waals surface area (Å²) in [7, 11) is 0. The molecular formula is C19H12O5S. The highest BCUT2D eigenvalue weighted by molar-refractivity contribution is 7.12. The summed E-state index contributed by atoms with van der Waals surface area (Å²) in [6.45, 7) is 1.82. The molecule has 0 atom stereocenters. The molecule has 5 nitrogen and oxygen atoms in total. The van der Waals surface area contributed by atoms with Crippen molar-refractivity contribution in [1.29, 1.82) is 0 Å². The Morgan fingerprint density at radius 1 is 1.20 bits per heavy atom. The molecule has 1 aliphatic heterocycles. The molecule has 124 valence electrons. The van der Waals surface area contributed by atoms with Gasteiger partial charge < -0.3 is 13.9 Å². The van der Waals surface area contributed by atoms with Crippen LogP contribution in [0.25, 0.3) is 6.08 Å². The first kappa shape index (κ1) is 15.4. The zero-order valence-electron chi connectivity index (χ0n) is 13.1. The van der Waals surface area contributed by atoms with E-state index in [4.69, 9.17) is 13.9 Å². The Bertz CT molecular complexity index is 995. The van der Waals surface area contributed by atoms with Gasteiger partial charge in [-0.25, -0.2) is 4.79 Å². The number of thiophene rings is 1. The lowest BCUT2D eigenvalue weighted by Crippen LogP contribution is -2.06. The van der Waals surface area contributed by atoms with Crippen LogP contribution in [0.3, 0.4) is 0 Å². The van der Waals surface area contributed by atoms with Gasteiger partial charge in [0, 0.05) is 12.1 Å². The third-order valence-electron chi connectivity index (χ3n) is 3.61. The second-order valence-electron chi connectivity index (χ2n) is 5.41. The van der Waals surface area contributed by atoms with Crippen LogP contribution >= 0.6 is 11.3 Å². The van der Waals surface area contributed by atoms with E-state index in [2.05, 4.69) is 0 Å². The second kappa shape index (κ2) is 6.07.